The van der Waals surface area contributed by atoms with Crippen molar-refractivity contribution in [3.8, 4) is 0 Å². The zero-order valence-corrected chi connectivity index (χ0v) is 18.4. The summed E-state index contributed by atoms with van der Waals surface area (Å²) in [6, 6.07) is 4.77. The third-order valence-corrected chi connectivity index (χ3v) is 7.76. The summed E-state index contributed by atoms with van der Waals surface area (Å²) in [5, 5.41) is 3.28. The number of amides is 1. The van der Waals surface area contributed by atoms with E-state index in [0.717, 1.165) is 12.8 Å². The van der Waals surface area contributed by atoms with Crippen molar-refractivity contribution < 1.29 is 13.2 Å². The lowest BCUT2D eigenvalue weighted by Crippen LogP contribution is -2.44. The molecule has 0 bridgehead atoms. The number of piperidine rings is 1. The van der Waals surface area contributed by atoms with Crippen LogP contribution in [0.1, 0.15) is 46.5 Å². The van der Waals surface area contributed by atoms with E-state index in [-0.39, 0.29) is 45.9 Å². The average Bonchev–Trinajstić information content (AvgIpc) is 2.59. The van der Waals surface area contributed by atoms with Gasteiger partial charge in [-0.1, -0.05) is 43.1 Å². The molecule has 1 aromatic rings. The quantitative estimate of drug-likeness (QED) is 0.693. The Morgan fingerprint density at radius 3 is 2.22 bits per heavy atom. The molecule has 152 valence electrons. The lowest BCUT2D eigenvalue weighted by Gasteiger charge is -2.31. The minimum Gasteiger partial charge on any atom is -0.353 e. The second-order valence-electron chi connectivity index (χ2n) is 7.61. The molecular weight excluding hydrogens is 407 g/mol. The molecule has 1 fully saturated rings. The highest BCUT2D eigenvalue weighted by Crippen LogP contribution is 2.33. The first-order chi connectivity index (χ1) is 12.6. The molecule has 1 atom stereocenters. The SMILES string of the molecule is CC(C)CCC(C)NC(=O)C1CCN(S(=O)(=O)c2c(Cl)cccc2Cl)CC1. The minimum atomic E-state index is -3.78. The average molecular weight is 435 g/mol. The van der Waals surface area contributed by atoms with Crippen LogP contribution in [0.5, 0.6) is 0 Å². The number of halogens is 2. The Morgan fingerprint density at radius 1 is 1.15 bits per heavy atom. The highest BCUT2D eigenvalue weighted by molar-refractivity contribution is 7.89. The first kappa shape index (κ1) is 22.5. The Bertz CT molecular complexity index is 740. The normalized spacial score (nSPS) is 17.9. The predicted molar refractivity (Wildman–Crippen MR) is 110 cm³/mol. The van der Waals surface area contributed by atoms with Crippen molar-refractivity contribution in [2.75, 3.05) is 13.1 Å². The highest BCUT2D eigenvalue weighted by Gasteiger charge is 2.34. The van der Waals surface area contributed by atoms with E-state index in [4.69, 9.17) is 23.2 Å². The van der Waals surface area contributed by atoms with Crippen molar-refractivity contribution in [1.82, 2.24) is 9.62 Å². The maximum absolute atomic E-state index is 12.9. The standard InChI is InChI=1S/C19H28Cl2N2O3S/c1-13(2)7-8-14(3)22-19(24)15-9-11-23(12-10-15)27(25,26)18-16(20)5-4-6-17(18)21/h4-6,13-15H,7-12H2,1-3H3,(H,22,24). The molecule has 1 unspecified atom stereocenters. The molecule has 0 aliphatic carbocycles. The Hall–Kier alpha value is -0.820. The second kappa shape index (κ2) is 9.59. The van der Waals surface area contributed by atoms with E-state index in [0.29, 0.717) is 18.8 Å². The van der Waals surface area contributed by atoms with Gasteiger partial charge >= 0.3 is 0 Å². The molecule has 8 heteroatoms. The van der Waals surface area contributed by atoms with Gasteiger partial charge in [-0.15, -0.1) is 0 Å². The minimum absolute atomic E-state index is 0.0130. The van der Waals surface area contributed by atoms with Crippen molar-refractivity contribution in [2.24, 2.45) is 11.8 Å². The number of carbonyl (C=O) groups excluding carboxylic acids is 1. The van der Waals surface area contributed by atoms with Crippen molar-refractivity contribution in [3.05, 3.63) is 28.2 Å². The van der Waals surface area contributed by atoms with Gasteiger partial charge < -0.3 is 5.32 Å². The Labute approximate surface area is 172 Å². The summed E-state index contributed by atoms with van der Waals surface area (Å²) >= 11 is 12.1. The summed E-state index contributed by atoms with van der Waals surface area (Å²) in [5.74, 6) is 0.452. The van der Waals surface area contributed by atoms with E-state index >= 15 is 0 Å². The highest BCUT2D eigenvalue weighted by atomic mass is 35.5. The molecule has 0 spiro atoms. The number of hydrogen-bond donors (Lipinski definition) is 1. The van der Waals surface area contributed by atoms with Crippen LogP contribution < -0.4 is 5.32 Å². The first-order valence-corrected chi connectivity index (χ1v) is 11.6. The summed E-state index contributed by atoms with van der Waals surface area (Å²) in [7, 11) is -3.78. The lowest BCUT2D eigenvalue weighted by molar-refractivity contribution is -0.126. The topological polar surface area (TPSA) is 66.5 Å². The van der Waals surface area contributed by atoms with Crippen LogP contribution in [0.2, 0.25) is 10.0 Å². The molecule has 1 heterocycles. The van der Waals surface area contributed by atoms with Gasteiger partial charge in [0, 0.05) is 25.0 Å². The smallest absolute Gasteiger partial charge is 0.246 e. The zero-order valence-electron chi connectivity index (χ0n) is 16.0. The van der Waals surface area contributed by atoms with Crippen LogP contribution in [-0.4, -0.2) is 37.8 Å². The van der Waals surface area contributed by atoms with Gasteiger partial charge in [-0.25, -0.2) is 8.42 Å². The Balaban J connectivity index is 1.95. The fourth-order valence-corrected chi connectivity index (χ4v) is 5.79. The van der Waals surface area contributed by atoms with Crippen LogP contribution in [0.4, 0.5) is 0 Å². The van der Waals surface area contributed by atoms with Gasteiger partial charge in [-0.05, 0) is 50.7 Å². The predicted octanol–water partition coefficient (Wildman–Crippen LogP) is 4.34. The molecule has 5 nitrogen and oxygen atoms in total. The van der Waals surface area contributed by atoms with Crippen LogP contribution in [0, 0.1) is 11.8 Å². The lowest BCUT2D eigenvalue weighted by atomic mass is 9.96. The number of carbonyl (C=O) groups is 1. The van der Waals surface area contributed by atoms with E-state index in [9.17, 15) is 13.2 Å². The van der Waals surface area contributed by atoms with E-state index in [1.165, 1.54) is 16.4 Å². The molecule has 1 aliphatic rings. The monoisotopic (exact) mass is 434 g/mol. The number of nitrogens with one attached hydrogen (secondary N) is 1. The fraction of sp³-hybridized carbons (Fsp3) is 0.632. The molecule has 2 rings (SSSR count). The zero-order chi connectivity index (χ0) is 20.2. The van der Waals surface area contributed by atoms with E-state index < -0.39 is 10.0 Å². The molecule has 0 saturated carbocycles. The molecule has 1 amide bonds. The third kappa shape index (κ3) is 5.83. The maximum atomic E-state index is 12.9. The molecule has 0 aromatic heterocycles. The van der Waals surface area contributed by atoms with Crippen molar-refractivity contribution in [2.45, 2.75) is 57.4 Å². The van der Waals surface area contributed by atoms with Gasteiger partial charge in [0.2, 0.25) is 15.9 Å². The first-order valence-electron chi connectivity index (χ1n) is 9.37. The summed E-state index contributed by atoms with van der Waals surface area (Å²) in [5.41, 5.74) is 0. The van der Waals surface area contributed by atoms with Crippen molar-refractivity contribution in [1.29, 1.82) is 0 Å². The van der Waals surface area contributed by atoms with Gasteiger partial charge in [-0.2, -0.15) is 4.31 Å². The molecule has 0 radical (unpaired) electrons. The summed E-state index contributed by atoms with van der Waals surface area (Å²) in [6.07, 6.45) is 2.99. The van der Waals surface area contributed by atoms with E-state index in [2.05, 4.69) is 19.2 Å². The molecule has 1 saturated heterocycles. The number of hydrogen-bond acceptors (Lipinski definition) is 3. The van der Waals surface area contributed by atoms with Crippen LogP contribution in [0.25, 0.3) is 0 Å². The summed E-state index contributed by atoms with van der Waals surface area (Å²) < 4.78 is 27.1. The number of nitrogens with zero attached hydrogens (tertiary/aromatic N) is 1. The van der Waals surface area contributed by atoms with Gasteiger partial charge in [-0.3, -0.25) is 4.79 Å². The molecule has 27 heavy (non-hydrogen) atoms. The van der Waals surface area contributed by atoms with Crippen LogP contribution in [-0.2, 0) is 14.8 Å². The summed E-state index contributed by atoms with van der Waals surface area (Å²) in [4.78, 5) is 12.4. The fourth-order valence-electron chi connectivity index (χ4n) is 3.23. The molecule has 1 N–H and O–H groups in total. The number of sulfonamides is 1. The van der Waals surface area contributed by atoms with E-state index in [1.54, 1.807) is 6.07 Å². The van der Waals surface area contributed by atoms with Gasteiger partial charge in [0.25, 0.3) is 0 Å². The van der Waals surface area contributed by atoms with E-state index in [1.807, 2.05) is 6.92 Å². The van der Waals surface area contributed by atoms with Crippen LogP contribution in [0.15, 0.2) is 23.1 Å². The largest absolute Gasteiger partial charge is 0.353 e. The molecular formula is C19H28Cl2N2O3S. The van der Waals surface area contributed by atoms with Gasteiger partial charge in [0.05, 0.1) is 10.0 Å². The summed E-state index contributed by atoms with van der Waals surface area (Å²) in [6.45, 7) is 6.90. The van der Waals surface area contributed by atoms with Crippen molar-refractivity contribution >= 4 is 39.1 Å². The van der Waals surface area contributed by atoms with Crippen LogP contribution >= 0.6 is 23.2 Å². The van der Waals surface area contributed by atoms with Gasteiger partial charge in [0.1, 0.15) is 4.90 Å². The van der Waals surface area contributed by atoms with Crippen molar-refractivity contribution in [3.63, 3.8) is 0 Å². The van der Waals surface area contributed by atoms with Crippen LogP contribution in [0.3, 0.4) is 0 Å². The Morgan fingerprint density at radius 2 is 1.70 bits per heavy atom. The third-order valence-electron chi connectivity index (χ3n) is 4.91. The molecule has 1 aromatic carbocycles. The maximum Gasteiger partial charge on any atom is 0.246 e. The van der Waals surface area contributed by atoms with Gasteiger partial charge in [0.15, 0.2) is 0 Å². The Kier molecular flexibility index (Phi) is 7.98. The number of benzene rings is 1. The number of rotatable bonds is 7. The second-order valence-corrected chi connectivity index (χ2v) is 10.3. The molecule has 1 aliphatic heterocycles.